The Morgan fingerprint density at radius 2 is 1.56 bits per heavy atom. The van der Waals surface area contributed by atoms with Crippen molar-refractivity contribution in [2.75, 3.05) is 45.8 Å². The van der Waals surface area contributed by atoms with E-state index < -0.39 is 6.04 Å². The number of benzene rings is 1. The average molecular weight is 443 g/mol. The molecule has 1 aromatic rings. The quantitative estimate of drug-likeness (QED) is 0.703. The smallest absolute Gasteiger partial charge is 0.252 e. The SMILES string of the molecule is Cc1ccccc1C(=O)NC(CC(C)C)C(=O)N1CCN(CC(=O)N2CCCCC2)CC1. The predicted molar refractivity (Wildman–Crippen MR) is 125 cm³/mol. The van der Waals surface area contributed by atoms with Crippen molar-refractivity contribution in [1.29, 1.82) is 0 Å². The Bertz CT molecular complexity index is 796. The van der Waals surface area contributed by atoms with Crippen LogP contribution >= 0.6 is 0 Å². The van der Waals surface area contributed by atoms with Crippen LogP contribution in [0.5, 0.6) is 0 Å². The first-order valence-electron chi connectivity index (χ1n) is 12.0. The van der Waals surface area contributed by atoms with E-state index in [2.05, 4.69) is 24.1 Å². The summed E-state index contributed by atoms with van der Waals surface area (Å²) in [4.78, 5) is 44.6. The highest BCUT2D eigenvalue weighted by Gasteiger charge is 2.30. The molecule has 2 saturated heterocycles. The summed E-state index contributed by atoms with van der Waals surface area (Å²) in [6.45, 7) is 10.7. The minimum absolute atomic E-state index is 0.0253. The number of hydrogen-bond acceptors (Lipinski definition) is 4. The Morgan fingerprint density at radius 1 is 0.906 bits per heavy atom. The lowest BCUT2D eigenvalue weighted by Gasteiger charge is -2.37. The van der Waals surface area contributed by atoms with E-state index in [4.69, 9.17) is 0 Å². The van der Waals surface area contributed by atoms with Gasteiger partial charge in [0.2, 0.25) is 11.8 Å². The zero-order chi connectivity index (χ0) is 23.1. The fourth-order valence-electron chi connectivity index (χ4n) is 4.54. The van der Waals surface area contributed by atoms with Gasteiger partial charge in [-0.1, -0.05) is 32.0 Å². The van der Waals surface area contributed by atoms with Crippen LogP contribution in [0.4, 0.5) is 0 Å². The van der Waals surface area contributed by atoms with E-state index in [1.807, 2.05) is 34.9 Å². The molecule has 7 heteroatoms. The molecule has 1 aromatic carbocycles. The lowest BCUT2D eigenvalue weighted by Crippen LogP contribution is -2.56. The van der Waals surface area contributed by atoms with E-state index in [0.29, 0.717) is 44.7 Å². The zero-order valence-electron chi connectivity index (χ0n) is 19.8. The summed E-state index contributed by atoms with van der Waals surface area (Å²) in [6.07, 6.45) is 4.01. The third-order valence-electron chi connectivity index (χ3n) is 6.45. The number of carbonyl (C=O) groups is 3. The summed E-state index contributed by atoms with van der Waals surface area (Å²) in [5.74, 6) is 0.257. The molecular formula is C25H38N4O3. The molecule has 2 heterocycles. The van der Waals surface area contributed by atoms with Crippen molar-refractivity contribution in [3.8, 4) is 0 Å². The predicted octanol–water partition coefficient (Wildman–Crippen LogP) is 2.30. The van der Waals surface area contributed by atoms with Gasteiger partial charge in [0, 0.05) is 44.8 Å². The van der Waals surface area contributed by atoms with Crippen LogP contribution in [-0.4, -0.2) is 84.3 Å². The van der Waals surface area contributed by atoms with Crippen LogP contribution in [-0.2, 0) is 9.59 Å². The van der Waals surface area contributed by atoms with Crippen LogP contribution in [0.2, 0.25) is 0 Å². The Hall–Kier alpha value is -2.41. The van der Waals surface area contributed by atoms with Crippen LogP contribution in [0.25, 0.3) is 0 Å². The lowest BCUT2D eigenvalue weighted by atomic mass is 10.0. The topological polar surface area (TPSA) is 73.0 Å². The van der Waals surface area contributed by atoms with Crippen molar-refractivity contribution in [2.45, 2.75) is 52.5 Å². The monoisotopic (exact) mass is 442 g/mol. The number of likely N-dealkylation sites (tertiary alicyclic amines) is 1. The maximum absolute atomic E-state index is 13.3. The number of aryl methyl sites for hydroxylation is 1. The third kappa shape index (κ3) is 6.55. The number of hydrogen-bond donors (Lipinski definition) is 1. The summed E-state index contributed by atoms with van der Waals surface area (Å²) in [5.41, 5.74) is 1.50. The maximum atomic E-state index is 13.3. The lowest BCUT2D eigenvalue weighted by molar-refractivity contribution is -0.137. The standard InChI is InChI=1S/C25H38N4O3/c1-19(2)17-22(26-24(31)21-10-6-5-9-20(21)3)25(32)29-15-13-27(14-16-29)18-23(30)28-11-7-4-8-12-28/h5-6,9-10,19,22H,4,7-8,11-18H2,1-3H3,(H,26,31). The van der Waals surface area contributed by atoms with Crippen LogP contribution in [0.1, 0.15) is 55.5 Å². The molecule has 0 aliphatic carbocycles. The molecule has 176 valence electrons. The molecule has 3 amide bonds. The van der Waals surface area contributed by atoms with E-state index in [0.717, 1.165) is 31.5 Å². The Labute approximate surface area is 192 Å². The fourth-order valence-corrected chi connectivity index (χ4v) is 4.54. The van der Waals surface area contributed by atoms with Crippen molar-refractivity contribution in [3.05, 3.63) is 35.4 Å². The van der Waals surface area contributed by atoms with Gasteiger partial charge in [0.25, 0.3) is 5.91 Å². The minimum atomic E-state index is -0.538. The number of nitrogens with zero attached hydrogens (tertiary/aromatic N) is 3. The molecule has 7 nitrogen and oxygen atoms in total. The molecule has 0 radical (unpaired) electrons. The van der Waals surface area contributed by atoms with Gasteiger partial charge in [-0.15, -0.1) is 0 Å². The number of piperidine rings is 1. The molecule has 1 atom stereocenters. The van der Waals surface area contributed by atoms with Crippen molar-refractivity contribution < 1.29 is 14.4 Å². The highest BCUT2D eigenvalue weighted by atomic mass is 16.2. The van der Waals surface area contributed by atoms with Gasteiger partial charge >= 0.3 is 0 Å². The number of carbonyl (C=O) groups excluding carboxylic acids is 3. The molecule has 0 aromatic heterocycles. The molecule has 0 saturated carbocycles. The second kappa shape index (κ2) is 11.5. The number of nitrogens with one attached hydrogen (secondary N) is 1. The number of rotatable bonds is 7. The van der Waals surface area contributed by atoms with Gasteiger partial charge in [-0.3, -0.25) is 19.3 Å². The summed E-state index contributed by atoms with van der Waals surface area (Å²) in [7, 11) is 0. The van der Waals surface area contributed by atoms with Gasteiger partial charge < -0.3 is 15.1 Å². The van der Waals surface area contributed by atoms with Crippen LogP contribution in [0.3, 0.4) is 0 Å². The second-order valence-electron chi connectivity index (χ2n) is 9.51. The number of amides is 3. The van der Waals surface area contributed by atoms with E-state index in [1.165, 1.54) is 6.42 Å². The Kier molecular flexibility index (Phi) is 8.67. The Morgan fingerprint density at radius 3 is 2.19 bits per heavy atom. The highest BCUT2D eigenvalue weighted by molar-refractivity contribution is 5.98. The van der Waals surface area contributed by atoms with Crippen LogP contribution < -0.4 is 5.32 Å². The zero-order valence-corrected chi connectivity index (χ0v) is 19.8. The van der Waals surface area contributed by atoms with Gasteiger partial charge in [0.1, 0.15) is 6.04 Å². The second-order valence-corrected chi connectivity index (χ2v) is 9.51. The molecule has 0 bridgehead atoms. The molecule has 32 heavy (non-hydrogen) atoms. The van der Waals surface area contributed by atoms with E-state index in [1.54, 1.807) is 6.07 Å². The summed E-state index contributed by atoms with van der Waals surface area (Å²) in [5, 5.41) is 2.98. The van der Waals surface area contributed by atoms with E-state index in [9.17, 15) is 14.4 Å². The summed E-state index contributed by atoms with van der Waals surface area (Å²) in [6, 6.07) is 6.89. The average Bonchev–Trinajstić information content (AvgIpc) is 2.79. The fraction of sp³-hybridized carbons (Fsp3) is 0.640. The van der Waals surface area contributed by atoms with Crippen molar-refractivity contribution >= 4 is 17.7 Å². The Balaban J connectivity index is 1.54. The molecule has 2 aliphatic heterocycles. The normalized spacial score (nSPS) is 18.5. The third-order valence-corrected chi connectivity index (χ3v) is 6.45. The first kappa shape index (κ1) is 24.2. The van der Waals surface area contributed by atoms with E-state index in [-0.39, 0.29) is 23.6 Å². The maximum Gasteiger partial charge on any atom is 0.252 e. The highest BCUT2D eigenvalue weighted by Crippen LogP contribution is 2.14. The molecular weight excluding hydrogens is 404 g/mol. The number of piperazine rings is 1. The molecule has 1 N–H and O–H groups in total. The van der Waals surface area contributed by atoms with Crippen molar-refractivity contribution in [1.82, 2.24) is 20.0 Å². The largest absolute Gasteiger partial charge is 0.342 e. The molecule has 0 spiro atoms. The minimum Gasteiger partial charge on any atom is -0.342 e. The molecule has 2 aliphatic rings. The van der Waals surface area contributed by atoms with Gasteiger partial charge in [0.15, 0.2) is 0 Å². The van der Waals surface area contributed by atoms with Crippen LogP contribution in [0, 0.1) is 12.8 Å². The molecule has 1 unspecified atom stereocenters. The van der Waals surface area contributed by atoms with Crippen LogP contribution in [0.15, 0.2) is 24.3 Å². The molecule has 2 fully saturated rings. The first-order chi connectivity index (χ1) is 15.3. The van der Waals surface area contributed by atoms with Gasteiger partial charge in [-0.05, 0) is 50.2 Å². The van der Waals surface area contributed by atoms with Gasteiger partial charge in [0.05, 0.1) is 6.54 Å². The van der Waals surface area contributed by atoms with Gasteiger partial charge in [-0.25, -0.2) is 0 Å². The van der Waals surface area contributed by atoms with Gasteiger partial charge in [-0.2, -0.15) is 0 Å². The molecule has 3 rings (SSSR count). The van der Waals surface area contributed by atoms with Crippen molar-refractivity contribution in [3.63, 3.8) is 0 Å². The van der Waals surface area contributed by atoms with Crippen molar-refractivity contribution in [2.24, 2.45) is 5.92 Å². The summed E-state index contributed by atoms with van der Waals surface area (Å²) < 4.78 is 0. The van der Waals surface area contributed by atoms with E-state index >= 15 is 0 Å². The summed E-state index contributed by atoms with van der Waals surface area (Å²) >= 11 is 0. The first-order valence-corrected chi connectivity index (χ1v) is 12.0.